The summed E-state index contributed by atoms with van der Waals surface area (Å²) < 4.78 is 0. The molecule has 4 heteroatoms. The maximum Gasteiger partial charge on any atom is 0.223 e. The highest BCUT2D eigenvalue weighted by Gasteiger charge is 2.42. The SMILES string of the molecule is CC1(c2nc(N)nc(-c3ccccc3)n2)CC1. The van der Waals surface area contributed by atoms with Crippen LogP contribution in [0.1, 0.15) is 25.6 Å². The van der Waals surface area contributed by atoms with Crippen molar-refractivity contribution < 1.29 is 0 Å². The molecule has 0 amide bonds. The third kappa shape index (κ3) is 1.86. The molecule has 0 radical (unpaired) electrons. The highest BCUT2D eigenvalue weighted by molar-refractivity contribution is 5.55. The Balaban J connectivity index is 2.09. The van der Waals surface area contributed by atoms with Crippen molar-refractivity contribution in [2.75, 3.05) is 5.73 Å². The lowest BCUT2D eigenvalue weighted by molar-refractivity contribution is 0.704. The van der Waals surface area contributed by atoms with Crippen LogP contribution < -0.4 is 5.73 Å². The fourth-order valence-electron chi connectivity index (χ4n) is 1.79. The van der Waals surface area contributed by atoms with E-state index in [2.05, 4.69) is 21.9 Å². The third-order valence-electron chi connectivity index (χ3n) is 3.22. The van der Waals surface area contributed by atoms with Crippen LogP contribution in [-0.2, 0) is 5.41 Å². The second kappa shape index (κ2) is 3.52. The summed E-state index contributed by atoms with van der Waals surface area (Å²) in [5.41, 5.74) is 6.85. The quantitative estimate of drug-likeness (QED) is 0.852. The van der Waals surface area contributed by atoms with E-state index >= 15 is 0 Å². The summed E-state index contributed by atoms with van der Waals surface area (Å²) in [6, 6.07) is 9.86. The van der Waals surface area contributed by atoms with Gasteiger partial charge < -0.3 is 5.73 Å². The minimum absolute atomic E-state index is 0.112. The van der Waals surface area contributed by atoms with Crippen LogP contribution >= 0.6 is 0 Å². The molecule has 1 aliphatic rings. The summed E-state index contributed by atoms with van der Waals surface area (Å²) in [5.74, 6) is 1.80. The molecule has 3 rings (SSSR count). The molecule has 0 aliphatic heterocycles. The van der Waals surface area contributed by atoms with Gasteiger partial charge in [0.05, 0.1) is 0 Å². The van der Waals surface area contributed by atoms with Gasteiger partial charge >= 0.3 is 0 Å². The molecule has 2 aromatic rings. The van der Waals surface area contributed by atoms with E-state index in [0.29, 0.717) is 11.8 Å². The van der Waals surface area contributed by atoms with Crippen molar-refractivity contribution in [1.29, 1.82) is 0 Å². The molecule has 0 unspecified atom stereocenters. The van der Waals surface area contributed by atoms with E-state index < -0.39 is 0 Å². The van der Waals surface area contributed by atoms with Crippen LogP contribution in [0.15, 0.2) is 30.3 Å². The van der Waals surface area contributed by atoms with Crippen LogP contribution in [0.3, 0.4) is 0 Å². The van der Waals surface area contributed by atoms with Crippen LogP contribution in [0, 0.1) is 0 Å². The van der Waals surface area contributed by atoms with Crippen molar-refractivity contribution in [2.45, 2.75) is 25.2 Å². The van der Waals surface area contributed by atoms with Crippen molar-refractivity contribution in [3.05, 3.63) is 36.2 Å². The maximum absolute atomic E-state index is 5.76. The van der Waals surface area contributed by atoms with Crippen molar-refractivity contribution in [3.8, 4) is 11.4 Å². The molecule has 0 atom stereocenters. The first-order valence-corrected chi connectivity index (χ1v) is 5.75. The second-order valence-electron chi connectivity index (χ2n) is 4.77. The largest absolute Gasteiger partial charge is 0.368 e. The highest BCUT2D eigenvalue weighted by atomic mass is 15.1. The Morgan fingerprint density at radius 2 is 1.76 bits per heavy atom. The summed E-state index contributed by atoms with van der Waals surface area (Å²) >= 11 is 0. The first-order valence-electron chi connectivity index (χ1n) is 5.75. The number of benzene rings is 1. The summed E-state index contributed by atoms with van der Waals surface area (Å²) in [4.78, 5) is 13.0. The zero-order valence-electron chi connectivity index (χ0n) is 9.72. The van der Waals surface area contributed by atoms with Gasteiger partial charge in [0.25, 0.3) is 0 Å². The highest BCUT2D eigenvalue weighted by Crippen LogP contribution is 2.46. The number of anilines is 1. The predicted octanol–water partition coefficient (Wildman–Crippen LogP) is 2.17. The molecule has 1 aromatic carbocycles. The van der Waals surface area contributed by atoms with Gasteiger partial charge in [-0.25, -0.2) is 4.98 Å². The Bertz CT molecular complexity index is 547. The lowest BCUT2D eigenvalue weighted by Crippen LogP contribution is -2.11. The van der Waals surface area contributed by atoms with Crippen molar-refractivity contribution in [1.82, 2.24) is 15.0 Å². The summed E-state index contributed by atoms with van der Waals surface area (Å²) in [5, 5.41) is 0. The number of hydrogen-bond acceptors (Lipinski definition) is 4. The fourth-order valence-corrected chi connectivity index (χ4v) is 1.79. The van der Waals surface area contributed by atoms with E-state index in [9.17, 15) is 0 Å². The Labute approximate surface area is 99.9 Å². The van der Waals surface area contributed by atoms with Gasteiger partial charge in [-0.2, -0.15) is 9.97 Å². The molecular formula is C13H14N4. The molecule has 0 spiro atoms. The van der Waals surface area contributed by atoms with E-state index in [0.717, 1.165) is 24.2 Å². The lowest BCUT2D eigenvalue weighted by Gasteiger charge is -2.09. The molecule has 4 nitrogen and oxygen atoms in total. The Morgan fingerprint density at radius 3 is 2.41 bits per heavy atom. The molecule has 0 bridgehead atoms. The van der Waals surface area contributed by atoms with E-state index in [1.54, 1.807) is 0 Å². The van der Waals surface area contributed by atoms with Gasteiger partial charge in [0, 0.05) is 11.0 Å². The van der Waals surface area contributed by atoms with Crippen LogP contribution in [0.2, 0.25) is 0 Å². The fraction of sp³-hybridized carbons (Fsp3) is 0.308. The van der Waals surface area contributed by atoms with Crippen LogP contribution in [-0.4, -0.2) is 15.0 Å². The Kier molecular flexibility index (Phi) is 2.11. The first kappa shape index (κ1) is 10.2. The van der Waals surface area contributed by atoms with Crippen LogP contribution in [0.25, 0.3) is 11.4 Å². The number of nitrogens with zero attached hydrogens (tertiary/aromatic N) is 3. The smallest absolute Gasteiger partial charge is 0.223 e. The Morgan fingerprint density at radius 1 is 1.06 bits per heavy atom. The van der Waals surface area contributed by atoms with Gasteiger partial charge in [0.15, 0.2) is 5.82 Å². The zero-order chi connectivity index (χ0) is 11.9. The molecule has 1 aliphatic carbocycles. The van der Waals surface area contributed by atoms with Gasteiger partial charge in [0.2, 0.25) is 5.95 Å². The first-order chi connectivity index (χ1) is 8.17. The summed E-state index contributed by atoms with van der Waals surface area (Å²) in [6.07, 6.45) is 2.26. The van der Waals surface area contributed by atoms with Gasteiger partial charge in [-0.05, 0) is 12.8 Å². The van der Waals surface area contributed by atoms with E-state index in [-0.39, 0.29) is 5.41 Å². The minimum atomic E-state index is 0.112. The predicted molar refractivity (Wildman–Crippen MR) is 66.3 cm³/mol. The van der Waals surface area contributed by atoms with E-state index in [1.807, 2.05) is 30.3 Å². The molecule has 0 saturated heterocycles. The second-order valence-corrected chi connectivity index (χ2v) is 4.77. The van der Waals surface area contributed by atoms with Crippen molar-refractivity contribution in [2.24, 2.45) is 0 Å². The molecule has 1 saturated carbocycles. The van der Waals surface area contributed by atoms with Gasteiger partial charge in [-0.1, -0.05) is 37.3 Å². The van der Waals surface area contributed by atoms with Gasteiger partial charge in [-0.15, -0.1) is 0 Å². The molecule has 1 aromatic heterocycles. The van der Waals surface area contributed by atoms with Crippen LogP contribution in [0.4, 0.5) is 5.95 Å². The third-order valence-corrected chi connectivity index (χ3v) is 3.22. The van der Waals surface area contributed by atoms with Crippen molar-refractivity contribution in [3.63, 3.8) is 0 Å². The molecule has 2 N–H and O–H groups in total. The number of hydrogen-bond donors (Lipinski definition) is 1. The maximum atomic E-state index is 5.76. The van der Waals surface area contributed by atoms with Gasteiger partial charge in [-0.3, -0.25) is 0 Å². The van der Waals surface area contributed by atoms with Crippen LogP contribution in [0.5, 0.6) is 0 Å². The lowest BCUT2D eigenvalue weighted by atomic mass is 10.1. The topological polar surface area (TPSA) is 64.7 Å². The van der Waals surface area contributed by atoms with E-state index in [4.69, 9.17) is 5.73 Å². The average Bonchev–Trinajstić information content (AvgIpc) is 3.09. The summed E-state index contributed by atoms with van der Waals surface area (Å²) in [7, 11) is 0. The van der Waals surface area contributed by atoms with Gasteiger partial charge in [0.1, 0.15) is 5.82 Å². The van der Waals surface area contributed by atoms with E-state index in [1.165, 1.54) is 0 Å². The number of nitrogens with two attached hydrogens (primary N) is 1. The zero-order valence-corrected chi connectivity index (χ0v) is 9.72. The van der Waals surface area contributed by atoms with Crippen molar-refractivity contribution >= 4 is 5.95 Å². The molecule has 1 heterocycles. The molecule has 17 heavy (non-hydrogen) atoms. The minimum Gasteiger partial charge on any atom is -0.368 e. The molecule has 1 fully saturated rings. The molecular weight excluding hydrogens is 212 g/mol. The number of rotatable bonds is 2. The normalized spacial score (nSPS) is 16.8. The Hall–Kier alpha value is -1.97. The average molecular weight is 226 g/mol. The molecule has 86 valence electrons. The number of aromatic nitrogens is 3. The monoisotopic (exact) mass is 226 g/mol. The summed E-state index contributed by atoms with van der Waals surface area (Å²) in [6.45, 7) is 2.16. The standard InChI is InChI=1S/C13H14N4/c1-13(7-8-13)11-15-10(16-12(14)17-11)9-5-3-2-4-6-9/h2-6H,7-8H2,1H3,(H2,14,15,16,17). The number of nitrogen functional groups attached to an aromatic ring is 1.